The van der Waals surface area contributed by atoms with Gasteiger partial charge in [0.05, 0.1) is 13.2 Å². The Kier molecular flexibility index (Phi) is 8.76. The van der Waals surface area contributed by atoms with Crippen LogP contribution in [-0.4, -0.2) is 23.3 Å². The van der Waals surface area contributed by atoms with Crippen molar-refractivity contribution in [3.8, 4) is 0 Å². The maximum Gasteiger partial charge on any atom is 0.160 e. The minimum Gasteiger partial charge on any atom is -0.487 e. The van der Waals surface area contributed by atoms with Crippen LogP contribution in [0.15, 0.2) is 0 Å². The minimum atomic E-state index is 0.502. The van der Waals surface area contributed by atoms with Crippen LogP contribution in [-0.2, 0) is 9.47 Å². The van der Waals surface area contributed by atoms with Crippen molar-refractivity contribution in [2.45, 2.75) is 40.5 Å². The molecule has 0 aromatic rings. The second-order valence-electron chi connectivity index (χ2n) is 4.65. The average Bonchev–Trinajstić information content (AvgIpc) is 2.20. The van der Waals surface area contributed by atoms with Gasteiger partial charge in [-0.05, 0) is 36.3 Å². The first kappa shape index (κ1) is 15.8. The van der Waals surface area contributed by atoms with Crippen molar-refractivity contribution < 1.29 is 9.47 Å². The summed E-state index contributed by atoms with van der Waals surface area (Å²) >= 11 is 10.2. The number of hydrogen-bond acceptors (Lipinski definition) is 4. The summed E-state index contributed by atoms with van der Waals surface area (Å²) in [7, 11) is 0. The predicted octanol–water partition coefficient (Wildman–Crippen LogP) is 3.77. The summed E-state index contributed by atoms with van der Waals surface area (Å²) in [5.74, 6) is 1.00. The van der Waals surface area contributed by atoms with Gasteiger partial charge >= 0.3 is 0 Å². The van der Waals surface area contributed by atoms with E-state index in [4.69, 9.17) is 33.9 Å². The monoisotopic (exact) mass is 262 g/mol. The highest BCUT2D eigenvalue weighted by atomic mass is 32.1. The van der Waals surface area contributed by atoms with Crippen LogP contribution in [0.3, 0.4) is 0 Å². The Balaban J connectivity index is 3.55. The van der Waals surface area contributed by atoms with E-state index in [1.165, 1.54) is 0 Å². The summed E-state index contributed by atoms with van der Waals surface area (Å²) in [6.45, 7) is 9.74. The molecule has 0 amide bonds. The summed E-state index contributed by atoms with van der Waals surface area (Å²) in [6.07, 6.45) is 1.36. The summed E-state index contributed by atoms with van der Waals surface area (Å²) in [4.78, 5) is 0. The zero-order valence-electron chi connectivity index (χ0n) is 10.6. The van der Waals surface area contributed by atoms with Gasteiger partial charge in [0.2, 0.25) is 0 Å². The lowest BCUT2D eigenvalue weighted by molar-refractivity contribution is 0.251. The maximum atomic E-state index is 5.40. The third-order valence-corrected chi connectivity index (χ3v) is 2.33. The van der Waals surface area contributed by atoms with Crippen LogP contribution < -0.4 is 0 Å². The Morgan fingerprint density at radius 3 is 1.38 bits per heavy atom. The molecule has 0 atom stereocenters. The molecule has 0 bridgehead atoms. The van der Waals surface area contributed by atoms with Gasteiger partial charge in [0.1, 0.15) is 0 Å². The van der Waals surface area contributed by atoms with E-state index < -0.39 is 0 Å². The first-order valence-corrected chi connectivity index (χ1v) is 6.54. The van der Waals surface area contributed by atoms with Crippen LogP contribution in [0.2, 0.25) is 0 Å². The molecule has 0 unspecified atom stereocenters. The van der Waals surface area contributed by atoms with Gasteiger partial charge in [0.15, 0.2) is 10.1 Å². The molecule has 2 nitrogen and oxygen atoms in total. The SMILES string of the molecule is CC(C)COC(=S)CCC(=S)OCC(C)C. The molecule has 0 rings (SSSR count). The lowest BCUT2D eigenvalue weighted by atomic mass is 10.2. The largest absolute Gasteiger partial charge is 0.487 e. The van der Waals surface area contributed by atoms with Crippen molar-refractivity contribution in [1.29, 1.82) is 0 Å². The second kappa shape index (κ2) is 8.88. The average molecular weight is 262 g/mol. The maximum absolute atomic E-state index is 5.40. The summed E-state index contributed by atoms with van der Waals surface area (Å²) in [5, 5.41) is 1.26. The van der Waals surface area contributed by atoms with Crippen LogP contribution in [0.5, 0.6) is 0 Å². The van der Waals surface area contributed by atoms with Crippen LogP contribution in [0.25, 0.3) is 0 Å². The molecule has 0 aromatic heterocycles. The zero-order valence-corrected chi connectivity index (χ0v) is 12.2. The molecule has 0 spiro atoms. The molecule has 4 heteroatoms. The van der Waals surface area contributed by atoms with Gasteiger partial charge in [0, 0.05) is 12.8 Å². The number of thiocarbonyl (C=S) groups is 2. The van der Waals surface area contributed by atoms with Crippen LogP contribution in [0, 0.1) is 11.8 Å². The third-order valence-electron chi connectivity index (χ3n) is 1.69. The van der Waals surface area contributed by atoms with Crippen molar-refractivity contribution in [3.05, 3.63) is 0 Å². The van der Waals surface area contributed by atoms with E-state index in [1.807, 2.05) is 0 Å². The molecule has 0 aliphatic rings. The lowest BCUT2D eigenvalue weighted by Crippen LogP contribution is -2.12. The Labute approximate surface area is 110 Å². The Hall–Kier alpha value is -0.220. The topological polar surface area (TPSA) is 18.5 Å². The molecular weight excluding hydrogens is 240 g/mol. The van der Waals surface area contributed by atoms with E-state index in [9.17, 15) is 0 Å². The van der Waals surface area contributed by atoms with E-state index in [-0.39, 0.29) is 0 Å². The number of ether oxygens (including phenoxy) is 2. The number of hydrogen-bond donors (Lipinski definition) is 0. The molecule has 0 aromatic carbocycles. The molecule has 0 heterocycles. The molecule has 16 heavy (non-hydrogen) atoms. The molecular formula is C12H22O2S2. The predicted molar refractivity (Wildman–Crippen MR) is 76.0 cm³/mol. The van der Waals surface area contributed by atoms with Gasteiger partial charge < -0.3 is 9.47 Å². The van der Waals surface area contributed by atoms with Crippen molar-refractivity contribution in [1.82, 2.24) is 0 Å². The smallest absolute Gasteiger partial charge is 0.160 e. The van der Waals surface area contributed by atoms with Crippen molar-refractivity contribution in [3.63, 3.8) is 0 Å². The molecule has 0 saturated carbocycles. The van der Waals surface area contributed by atoms with Crippen molar-refractivity contribution >= 4 is 34.5 Å². The normalized spacial score (nSPS) is 10.6. The standard InChI is InChI=1S/C12H22O2S2/c1-9(2)7-13-11(15)5-6-12(16)14-8-10(3)4/h9-10H,5-8H2,1-4H3. The van der Waals surface area contributed by atoms with Gasteiger partial charge in [-0.15, -0.1) is 0 Å². The van der Waals surface area contributed by atoms with Crippen molar-refractivity contribution in [2.24, 2.45) is 11.8 Å². The zero-order chi connectivity index (χ0) is 12.6. The fourth-order valence-corrected chi connectivity index (χ4v) is 1.21. The van der Waals surface area contributed by atoms with E-state index in [0.29, 0.717) is 48.0 Å². The molecule has 0 aliphatic carbocycles. The Morgan fingerprint density at radius 1 is 0.812 bits per heavy atom. The Morgan fingerprint density at radius 2 is 1.12 bits per heavy atom. The highest BCUT2D eigenvalue weighted by Crippen LogP contribution is 2.03. The van der Waals surface area contributed by atoms with Gasteiger partial charge in [-0.2, -0.15) is 0 Å². The summed E-state index contributed by atoms with van der Waals surface area (Å²) in [5.41, 5.74) is 0. The van der Waals surface area contributed by atoms with Crippen LogP contribution >= 0.6 is 24.4 Å². The van der Waals surface area contributed by atoms with Gasteiger partial charge in [-0.25, -0.2) is 0 Å². The highest BCUT2D eigenvalue weighted by molar-refractivity contribution is 7.80. The van der Waals surface area contributed by atoms with Crippen LogP contribution in [0.4, 0.5) is 0 Å². The fourth-order valence-electron chi connectivity index (χ4n) is 0.868. The second-order valence-corrected chi connectivity index (χ2v) is 5.56. The molecule has 94 valence electrons. The fraction of sp³-hybridized carbons (Fsp3) is 0.833. The van der Waals surface area contributed by atoms with E-state index in [2.05, 4.69) is 27.7 Å². The third kappa shape index (κ3) is 10.3. The number of rotatable bonds is 7. The van der Waals surface area contributed by atoms with Crippen LogP contribution in [0.1, 0.15) is 40.5 Å². The molecule has 0 aliphatic heterocycles. The molecule has 0 N–H and O–H groups in total. The van der Waals surface area contributed by atoms with E-state index in [0.717, 1.165) is 0 Å². The first-order chi connectivity index (χ1) is 7.41. The summed E-state index contributed by atoms with van der Waals surface area (Å²) in [6, 6.07) is 0. The first-order valence-electron chi connectivity index (χ1n) is 5.73. The lowest BCUT2D eigenvalue weighted by Gasteiger charge is -2.11. The summed E-state index contributed by atoms with van der Waals surface area (Å²) < 4.78 is 10.8. The Bertz CT molecular complexity index is 201. The van der Waals surface area contributed by atoms with Gasteiger partial charge in [0.25, 0.3) is 0 Å². The highest BCUT2D eigenvalue weighted by Gasteiger charge is 2.04. The van der Waals surface area contributed by atoms with Gasteiger partial charge in [-0.3, -0.25) is 0 Å². The van der Waals surface area contributed by atoms with Crippen molar-refractivity contribution in [2.75, 3.05) is 13.2 Å². The van der Waals surface area contributed by atoms with Gasteiger partial charge in [-0.1, -0.05) is 27.7 Å². The van der Waals surface area contributed by atoms with E-state index >= 15 is 0 Å². The molecule has 0 fully saturated rings. The van der Waals surface area contributed by atoms with E-state index in [1.54, 1.807) is 0 Å². The molecule has 0 saturated heterocycles. The minimum absolute atomic E-state index is 0.502. The molecule has 0 radical (unpaired) electrons. The quantitative estimate of drug-likeness (QED) is 0.650.